The smallest absolute Gasteiger partial charge is 0.0907 e. The Hall–Kier alpha value is -0.930. The van der Waals surface area contributed by atoms with Crippen molar-refractivity contribution in [3.05, 3.63) is 28.8 Å². The second kappa shape index (κ2) is 4.75. The number of hydrogen-bond acceptors (Lipinski definition) is 3. The third-order valence-electron chi connectivity index (χ3n) is 3.48. The van der Waals surface area contributed by atoms with Crippen LogP contribution in [0.1, 0.15) is 23.4 Å². The van der Waals surface area contributed by atoms with Crippen LogP contribution < -0.4 is 5.32 Å². The molecular formula is C14H18N2S. The van der Waals surface area contributed by atoms with E-state index in [0.717, 1.165) is 16.4 Å². The van der Waals surface area contributed by atoms with Crippen LogP contribution in [0.4, 0.5) is 0 Å². The Morgan fingerprint density at radius 1 is 1.47 bits per heavy atom. The summed E-state index contributed by atoms with van der Waals surface area (Å²) >= 11 is 1.80. The van der Waals surface area contributed by atoms with Crippen LogP contribution in [0, 0.1) is 12.8 Å². The average Bonchev–Trinajstić information content (AvgIpc) is 2.70. The standard InChI is InChI=1S/C14H18N2S/c1-10-16-13-5-4-11(8-14(13)17-10)7-12-3-2-6-15-9-12/h4-5,8,12,15H,2-3,6-7,9H2,1H3. The molecule has 0 amide bonds. The second-order valence-electron chi connectivity index (χ2n) is 4.95. The zero-order valence-electron chi connectivity index (χ0n) is 10.2. The van der Waals surface area contributed by atoms with Gasteiger partial charge in [-0.15, -0.1) is 11.3 Å². The number of nitrogens with zero attached hydrogens (tertiary/aromatic N) is 1. The summed E-state index contributed by atoms with van der Waals surface area (Å²) < 4.78 is 1.34. The summed E-state index contributed by atoms with van der Waals surface area (Å²) in [5.74, 6) is 0.815. The zero-order valence-corrected chi connectivity index (χ0v) is 11.0. The number of hydrogen-bond donors (Lipinski definition) is 1. The van der Waals surface area contributed by atoms with Gasteiger partial charge in [0.15, 0.2) is 0 Å². The number of aromatic nitrogens is 1. The second-order valence-corrected chi connectivity index (χ2v) is 6.19. The molecule has 2 heterocycles. The van der Waals surface area contributed by atoms with Gasteiger partial charge >= 0.3 is 0 Å². The molecule has 17 heavy (non-hydrogen) atoms. The van der Waals surface area contributed by atoms with Gasteiger partial charge in [-0.25, -0.2) is 4.98 Å². The van der Waals surface area contributed by atoms with Crippen molar-refractivity contribution < 1.29 is 0 Å². The van der Waals surface area contributed by atoms with E-state index in [2.05, 4.69) is 35.4 Å². The normalized spacial score (nSPS) is 20.9. The Bertz CT molecular complexity index is 512. The van der Waals surface area contributed by atoms with Crippen molar-refractivity contribution in [2.75, 3.05) is 13.1 Å². The van der Waals surface area contributed by atoms with Gasteiger partial charge in [0.1, 0.15) is 0 Å². The highest BCUT2D eigenvalue weighted by molar-refractivity contribution is 7.18. The molecule has 1 aromatic heterocycles. The fourth-order valence-corrected chi connectivity index (χ4v) is 3.53. The van der Waals surface area contributed by atoms with Crippen LogP contribution >= 0.6 is 11.3 Å². The summed E-state index contributed by atoms with van der Waals surface area (Å²) in [6.45, 7) is 4.46. The minimum atomic E-state index is 0.815. The number of fused-ring (bicyclic) bond motifs is 1. The summed E-state index contributed by atoms with van der Waals surface area (Å²) in [6.07, 6.45) is 3.90. The zero-order chi connectivity index (χ0) is 11.7. The molecule has 0 spiro atoms. The maximum absolute atomic E-state index is 4.51. The first-order chi connectivity index (χ1) is 8.31. The molecule has 1 fully saturated rings. The molecule has 90 valence electrons. The lowest BCUT2D eigenvalue weighted by molar-refractivity contribution is 0.376. The quantitative estimate of drug-likeness (QED) is 0.880. The first kappa shape index (κ1) is 11.2. The third kappa shape index (κ3) is 2.50. The van der Waals surface area contributed by atoms with Gasteiger partial charge < -0.3 is 5.32 Å². The Morgan fingerprint density at radius 2 is 2.41 bits per heavy atom. The van der Waals surface area contributed by atoms with Gasteiger partial charge in [-0.3, -0.25) is 0 Å². The van der Waals surface area contributed by atoms with Crippen molar-refractivity contribution in [1.82, 2.24) is 10.3 Å². The van der Waals surface area contributed by atoms with Crippen molar-refractivity contribution in [1.29, 1.82) is 0 Å². The predicted molar refractivity (Wildman–Crippen MR) is 73.7 cm³/mol. The molecule has 1 aromatic carbocycles. The van der Waals surface area contributed by atoms with Gasteiger partial charge in [-0.1, -0.05) is 6.07 Å². The lowest BCUT2D eigenvalue weighted by Crippen LogP contribution is -2.30. The number of rotatable bonds is 2. The molecule has 0 radical (unpaired) electrons. The van der Waals surface area contributed by atoms with Crippen molar-refractivity contribution in [2.45, 2.75) is 26.2 Å². The highest BCUT2D eigenvalue weighted by atomic mass is 32.1. The monoisotopic (exact) mass is 246 g/mol. The van der Waals surface area contributed by atoms with E-state index in [0.29, 0.717) is 0 Å². The summed E-state index contributed by atoms with van der Waals surface area (Å²) in [5, 5.41) is 4.65. The van der Waals surface area contributed by atoms with Crippen molar-refractivity contribution in [2.24, 2.45) is 5.92 Å². The van der Waals surface area contributed by atoms with Crippen LogP contribution in [-0.4, -0.2) is 18.1 Å². The van der Waals surface area contributed by atoms with Gasteiger partial charge in [0.2, 0.25) is 0 Å². The molecule has 3 heteroatoms. The molecule has 0 aliphatic carbocycles. The van der Waals surface area contributed by atoms with Gasteiger partial charge in [0, 0.05) is 0 Å². The number of thiazole rings is 1. The maximum Gasteiger partial charge on any atom is 0.0907 e. The van der Waals surface area contributed by atoms with Crippen molar-refractivity contribution in [3.8, 4) is 0 Å². The molecule has 0 saturated carbocycles. The lowest BCUT2D eigenvalue weighted by Gasteiger charge is -2.22. The molecule has 1 atom stereocenters. The minimum Gasteiger partial charge on any atom is -0.316 e. The fraction of sp³-hybridized carbons (Fsp3) is 0.500. The number of aryl methyl sites for hydroxylation is 1. The van der Waals surface area contributed by atoms with E-state index in [1.807, 2.05) is 0 Å². The molecule has 3 rings (SSSR count). The SMILES string of the molecule is Cc1nc2ccc(CC3CCCNC3)cc2s1. The van der Waals surface area contributed by atoms with Crippen LogP contribution in [0.3, 0.4) is 0 Å². The van der Waals surface area contributed by atoms with Crippen LogP contribution in [-0.2, 0) is 6.42 Å². The van der Waals surface area contributed by atoms with Crippen LogP contribution in [0.25, 0.3) is 10.2 Å². The number of benzene rings is 1. The molecule has 1 aliphatic heterocycles. The summed E-state index contributed by atoms with van der Waals surface area (Å²) in [4.78, 5) is 4.51. The molecule has 1 saturated heterocycles. The van der Waals surface area contributed by atoms with E-state index in [1.165, 1.54) is 42.6 Å². The Kier molecular flexibility index (Phi) is 3.12. The van der Waals surface area contributed by atoms with Crippen molar-refractivity contribution >= 4 is 21.6 Å². The van der Waals surface area contributed by atoms with Crippen LogP contribution in [0.15, 0.2) is 18.2 Å². The van der Waals surface area contributed by atoms with E-state index in [1.54, 1.807) is 11.3 Å². The predicted octanol–water partition coefficient (Wildman–Crippen LogP) is 3.15. The highest BCUT2D eigenvalue weighted by Crippen LogP contribution is 2.24. The van der Waals surface area contributed by atoms with Crippen molar-refractivity contribution in [3.63, 3.8) is 0 Å². The van der Waals surface area contributed by atoms with E-state index >= 15 is 0 Å². The molecule has 1 unspecified atom stereocenters. The van der Waals surface area contributed by atoms with E-state index in [-0.39, 0.29) is 0 Å². The van der Waals surface area contributed by atoms with Gasteiger partial charge in [-0.2, -0.15) is 0 Å². The van der Waals surface area contributed by atoms with Gasteiger partial charge in [0.25, 0.3) is 0 Å². The summed E-state index contributed by atoms with van der Waals surface area (Å²) in [7, 11) is 0. The third-order valence-corrected chi connectivity index (χ3v) is 4.42. The topological polar surface area (TPSA) is 24.9 Å². The van der Waals surface area contributed by atoms with Crippen LogP contribution in [0.2, 0.25) is 0 Å². The van der Waals surface area contributed by atoms with Gasteiger partial charge in [0.05, 0.1) is 15.2 Å². The van der Waals surface area contributed by atoms with E-state index < -0.39 is 0 Å². The van der Waals surface area contributed by atoms with E-state index in [4.69, 9.17) is 0 Å². The largest absolute Gasteiger partial charge is 0.316 e. The molecule has 0 bridgehead atoms. The highest BCUT2D eigenvalue weighted by Gasteiger charge is 2.13. The fourth-order valence-electron chi connectivity index (χ4n) is 2.64. The Balaban J connectivity index is 1.79. The average molecular weight is 246 g/mol. The molecule has 1 aliphatic rings. The van der Waals surface area contributed by atoms with Gasteiger partial charge in [-0.05, 0) is 62.9 Å². The Labute approximate surface area is 106 Å². The molecule has 2 nitrogen and oxygen atoms in total. The minimum absolute atomic E-state index is 0.815. The number of nitrogens with one attached hydrogen (secondary N) is 1. The Morgan fingerprint density at radius 3 is 3.24 bits per heavy atom. The molecule has 2 aromatic rings. The first-order valence-corrected chi connectivity index (χ1v) is 7.20. The van der Waals surface area contributed by atoms with Crippen LogP contribution in [0.5, 0.6) is 0 Å². The molecule has 1 N–H and O–H groups in total. The number of piperidine rings is 1. The first-order valence-electron chi connectivity index (χ1n) is 6.38. The summed E-state index contributed by atoms with van der Waals surface area (Å²) in [6, 6.07) is 6.75. The van der Waals surface area contributed by atoms with E-state index in [9.17, 15) is 0 Å². The summed E-state index contributed by atoms with van der Waals surface area (Å²) in [5.41, 5.74) is 2.62. The molecular weight excluding hydrogens is 228 g/mol. The maximum atomic E-state index is 4.51. The lowest BCUT2D eigenvalue weighted by atomic mass is 9.92.